The summed E-state index contributed by atoms with van der Waals surface area (Å²) in [6.45, 7) is 0. The van der Waals surface area contributed by atoms with E-state index in [0.29, 0.717) is 6.42 Å². The summed E-state index contributed by atoms with van der Waals surface area (Å²) in [4.78, 5) is 4.17. The van der Waals surface area contributed by atoms with E-state index in [1.165, 1.54) is 12.1 Å². The molecule has 0 fully saturated rings. The first-order valence-electron chi connectivity index (χ1n) is 6.60. The zero-order valence-corrected chi connectivity index (χ0v) is 12.7. The SMILES string of the molecule is OC(Cc1cc(F)ccc1Br)c1cncc2ccccc12. The molecule has 0 aliphatic carbocycles. The fraction of sp³-hybridized carbons (Fsp3) is 0.118. The van der Waals surface area contributed by atoms with Gasteiger partial charge in [-0.15, -0.1) is 0 Å². The third-order valence-corrected chi connectivity index (χ3v) is 4.25. The maximum Gasteiger partial charge on any atom is 0.123 e. The Morgan fingerprint density at radius 2 is 1.95 bits per heavy atom. The molecule has 1 aromatic heterocycles. The van der Waals surface area contributed by atoms with Crippen LogP contribution in [-0.2, 0) is 6.42 Å². The molecule has 0 amide bonds. The Labute approximate surface area is 130 Å². The molecular weight excluding hydrogens is 333 g/mol. The van der Waals surface area contributed by atoms with E-state index in [9.17, 15) is 9.50 Å². The molecule has 1 heterocycles. The molecule has 0 radical (unpaired) electrons. The van der Waals surface area contributed by atoms with Gasteiger partial charge in [0.15, 0.2) is 0 Å². The summed E-state index contributed by atoms with van der Waals surface area (Å²) in [5, 5.41) is 12.4. The highest BCUT2D eigenvalue weighted by atomic mass is 79.9. The van der Waals surface area contributed by atoms with Crippen molar-refractivity contribution < 1.29 is 9.50 Å². The van der Waals surface area contributed by atoms with Crippen LogP contribution in [0.25, 0.3) is 10.8 Å². The lowest BCUT2D eigenvalue weighted by Gasteiger charge is -2.14. The predicted molar refractivity (Wildman–Crippen MR) is 84.5 cm³/mol. The van der Waals surface area contributed by atoms with Gasteiger partial charge < -0.3 is 5.11 Å². The molecule has 0 saturated heterocycles. The van der Waals surface area contributed by atoms with E-state index < -0.39 is 6.10 Å². The topological polar surface area (TPSA) is 33.1 Å². The highest BCUT2D eigenvalue weighted by Crippen LogP contribution is 2.28. The van der Waals surface area contributed by atoms with Crippen molar-refractivity contribution >= 4 is 26.7 Å². The molecule has 0 aliphatic heterocycles. The van der Waals surface area contributed by atoms with Crippen molar-refractivity contribution in [3.8, 4) is 0 Å². The molecule has 0 aliphatic rings. The van der Waals surface area contributed by atoms with Crippen LogP contribution in [-0.4, -0.2) is 10.1 Å². The average molecular weight is 346 g/mol. The maximum absolute atomic E-state index is 13.3. The van der Waals surface area contributed by atoms with Gasteiger partial charge in [-0.3, -0.25) is 4.98 Å². The van der Waals surface area contributed by atoms with Gasteiger partial charge in [-0.05, 0) is 29.1 Å². The number of aliphatic hydroxyl groups is 1. The number of hydrogen-bond donors (Lipinski definition) is 1. The van der Waals surface area contributed by atoms with Gasteiger partial charge in [0.05, 0.1) is 6.10 Å². The molecule has 2 nitrogen and oxygen atoms in total. The van der Waals surface area contributed by atoms with Crippen LogP contribution in [0.2, 0.25) is 0 Å². The Kier molecular flexibility index (Phi) is 3.99. The van der Waals surface area contributed by atoms with Crippen LogP contribution in [0.1, 0.15) is 17.2 Å². The molecule has 4 heteroatoms. The van der Waals surface area contributed by atoms with Crippen molar-refractivity contribution in [2.24, 2.45) is 0 Å². The molecule has 3 rings (SSSR count). The number of fused-ring (bicyclic) bond motifs is 1. The van der Waals surface area contributed by atoms with E-state index in [1.54, 1.807) is 18.5 Å². The largest absolute Gasteiger partial charge is 0.388 e. The van der Waals surface area contributed by atoms with Gasteiger partial charge in [-0.2, -0.15) is 0 Å². The number of nitrogens with zero attached hydrogens (tertiary/aromatic N) is 1. The normalized spacial score (nSPS) is 12.5. The van der Waals surface area contributed by atoms with Gasteiger partial charge in [0.2, 0.25) is 0 Å². The minimum atomic E-state index is -0.735. The number of benzene rings is 2. The van der Waals surface area contributed by atoms with Crippen LogP contribution in [0.15, 0.2) is 59.3 Å². The molecular formula is C17H13BrFNO. The number of aliphatic hydroxyl groups excluding tert-OH is 1. The van der Waals surface area contributed by atoms with Crippen LogP contribution >= 0.6 is 15.9 Å². The molecule has 0 spiro atoms. The van der Waals surface area contributed by atoms with Crippen LogP contribution in [0.5, 0.6) is 0 Å². The summed E-state index contributed by atoms with van der Waals surface area (Å²) in [5.41, 5.74) is 1.49. The fourth-order valence-electron chi connectivity index (χ4n) is 2.42. The first kappa shape index (κ1) is 14.2. The van der Waals surface area contributed by atoms with E-state index >= 15 is 0 Å². The van der Waals surface area contributed by atoms with Gasteiger partial charge in [0.1, 0.15) is 5.82 Å². The number of rotatable bonds is 3. The standard InChI is InChI=1S/C17H13BrFNO/c18-16-6-5-13(19)7-12(16)8-17(21)15-10-20-9-11-3-1-2-4-14(11)15/h1-7,9-10,17,21H,8H2. The summed E-state index contributed by atoms with van der Waals surface area (Å²) < 4.78 is 14.1. The Hall–Kier alpha value is -1.78. The molecule has 1 N–H and O–H groups in total. The Bertz CT molecular complexity index is 785. The van der Waals surface area contributed by atoms with Crippen LogP contribution in [0, 0.1) is 5.82 Å². The summed E-state index contributed by atoms with van der Waals surface area (Å²) in [5.74, 6) is -0.309. The van der Waals surface area contributed by atoms with Crippen LogP contribution < -0.4 is 0 Å². The van der Waals surface area contributed by atoms with E-state index in [1.807, 2.05) is 24.3 Å². The second-order valence-electron chi connectivity index (χ2n) is 4.91. The van der Waals surface area contributed by atoms with Crippen LogP contribution in [0.3, 0.4) is 0 Å². The van der Waals surface area contributed by atoms with Crippen molar-refractivity contribution in [2.75, 3.05) is 0 Å². The molecule has 3 aromatic rings. The van der Waals surface area contributed by atoms with Gasteiger partial charge >= 0.3 is 0 Å². The molecule has 1 atom stereocenters. The Morgan fingerprint density at radius 1 is 1.14 bits per heavy atom. The average Bonchev–Trinajstić information content (AvgIpc) is 2.50. The molecule has 21 heavy (non-hydrogen) atoms. The lowest BCUT2D eigenvalue weighted by atomic mass is 9.98. The van der Waals surface area contributed by atoms with Crippen molar-refractivity contribution in [2.45, 2.75) is 12.5 Å². The third-order valence-electron chi connectivity index (χ3n) is 3.48. The summed E-state index contributed by atoms with van der Waals surface area (Å²) in [6.07, 6.45) is 3.03. The maximum atomic E-state index is 13.3. The first-order valence-corrected chi connectivity index (χ1v) is 7.39. The highest BCUT2D eigenvalue weighted by Gasteiger charge is 2.14. The van der Waals surface area contributed by atoms with E-state index in [2.05, 4.69) is 20.9 Å². The Balaban J connectivity index is 1.97. The van der Waals surface area contributed by atoms with Gasteiger partial charge in [-0.1, -0.05) is 40.2 Å². The number of pyridine rings is 1. The van der Waals surface area contributed by atoms with Crippen LogP contribution in [0.4, 0.5) is 4.39 Å². The summed E-state index contributed by atoms with van der Waals surface area (Å²) >= 11 is 3.39. The highest BCUT2D eigenvalue weighted by molar-refractivity contribution is 9.10. The molecule has 0 saturated carbocycles. The molecule has 1 unspecified atom stereocenters. The lowest BCUT2D eigenvalue weighted by Crippen LogP contribution is -2.04. The molecule has 2 aromatic carbocycles. The summed E-state index contributed by atoms with van der Waals surface area (Å²) in [6, 6.07) is 12.2. The monoisotopic (exact) mass is 345 g/mol. The van der Waals surface area contributed by atoms with Gasteiger partial charge in [0.25, 0.3) is 0 Å². The van der Waals surface area contributed by atoms with Gasteiger partial charge in [-0.25, -0.2) is 4.39 Å². The van der Waals surface area contributed by atoms with Crippen molar-refractivity contribution in [1.29, 1.82) is 0 Å². The Morgan fingerprint density at radius 3 is 2.81 bits per heavy atom. The second kappa shape index (κ2) is 5.92. The number of halogens is 2. The van der Waals surface area contributed by atoms with E-state index in [4.69, 9.17) is 0 Å². The second-order valence-corrected chi connectivity index (χ2v) is 5.76. The quantitative estimate of drug-likeness (QED) is 0.762. The third kappa shape index (κ3) is 2.96. The van der Waals surface area contributed by atoms with Gasteiger partial charge in [0, 0.05) is 34.2 Å². The molecule has 0 bridgehead atoms. The number of hydrogen-bond acceptors (Lipinski definition) is 2. The zero-order valence-electron chi connectivity index (χ0n) is 11.1. The predicted octanol–water partition coefficient (Wildman–Crippen LogP) is 4.41. The number of aromatic nitrogens is 1. The van der Waals surface area contributed by atoms with E-state index in [0.717, 1.165) is 26.4 Å². The summed E-state index contributed by atoms with van der Waals surface area (Å²) in [7, 11) is 0. The minimum Gasteiger partial charge on any atom is -0.388 e. The van der Waals surface area contributed by atoms with Crippen molar-refractivity contribution in [1.82, 2.24) is 4.98 Å². The zero-order chi connectivity index (χ0) is 14.8. The molecule has 106 valence electrons. The fourth-order valence-corrected chi connectivity index (χ4v) is 2.83. The smallest absolute Gasteiger partial charge is 0.123 e. The van der Waals surface area contributed by atoms with Crippen molar-refractivity contribution in [3.63, 3.8) is 0 Å². The van der Waals surface area contributed by atoms with Crippen molar-refractivity contribution in [3.05, 3.63) is 76.3 Å². The van der Waals surface area contributed by atoms with E-state index in [-0.39, 0.29) is 5.82 Å². The first-order chi connectivity index (χ1) is 10.1. The minimum absolute atomic E-state index is 0.309. The lowest BCUT2D eigenvalue weighted by molar-refractivity contribution is 0.179.